The molecule has 3 aromatic carbocycles. The molecule has 0 unspecified atom stereocenters. The van der Waals surface area contributed by atoms with Gasteiger partial charge in [-0.2, -0.15) is 0 Å². The molecule has 0 fully saturated rings. The Bertz CT molecular complexity index is 1120. The van der Waals surface area contributed by atoms with Crippen molar-refractivity contribution in [2.75, 3.05) is 0 Å². The fourth-order valence-electron chi connectivity index (χ4n) is 3.70. The maximum absolute atomic E-state index is 13.8. The SMILES string of the molecule is CC(C)Oc1ccccc1[C@H]1NC(=S)NC(c2ccccc2)=C1C(=O)c1ccccc1. The third kappa shape index (κ3) is 4.52. The number of carbonyl (C=O) groups is 1. The van der Waals surface area contributed by atoms with E-state index >= 15 is 0 Å². The zero-order valence-electron chi connectivity index (χ0n) is 17.5. The standard InChI is InChI=1S/C26H24N2O2S/c1-17(2)30-21-16-10-9-15-20(21)24-22(25(29)19-13-7-4-8-14-19)23(27-26(31)28-24)18-11-5-3-6-12-18/h3-17,24H,1-2H3,(H2,27,28,31)/t24-/m1/s1. The second-order valence-electron chi connectivity index (χ2n) is 7.59. The van der Waals surface area contributed by atoms with Crippen molar-refractivity contribution in [3.63, 3.8) is 0 Å². The van der Waals surface area contributed by atoms with Crippen LogP contribution in [0.1, 0.15) is 41.4 Å². The van der Waals surface area contributed by atoms with Gasteiger partial charge in [0.15, 0.2) is 10.9 Å². The first-order valence-corrected chi connectivity index (χ1v) is 10.7. The summed E-state index contributed by atoms with van der Waals surface area (Å²) >= 11 is 5.54. The predicted octanol–water partition coefficient (Wildman–Crippen LogP) is 5.29. The molecule has 0 spiro atoms. The van der Waals surface area contributed by atoms with Crippen LogP contribution in [0.25, 0.3) is 5.70 Å². The Morgan fingerprint density at radius 1 is 0.903 bits per heavy atom. The minimum Gasteiger partial charge on any atom is -0.491 e. The van der Waals surface area contributed by atoms with Gasteiger partial charge in [-0.3, -0.25) is 4.79 Å². The first kappa shape index (κ1) is 20.8. The van der Waals surface area contributed by atoms with E-state index in [-0.39, 0.29) is 11.9 Å². The van der Waals surface area contributed by atoms with Gasteiger partial charge in [0, 0.05) is 11.1 Å². The Hall–Kier alpha value is -3.44. The normalized spacial score (nSPS) is 16.0. The van der Waals surface area contributed by atoms with E-state index in [0.29, 0.717) is 21.9 Å². The highest BCUT2D eigenvalue weighted by molar-refractivity contribution is 7.80. The highest BCUT2D eigenvalue weighted by Crippen LogP contribution is 2.37. The number of ether oxygens (including phenoxy) is 1. The van der Waals surface area contributed by atoms with Crippen LogP contribution < -0.4 is 15.4 Å². The molecule has 1 aliphatic heterocycles. The summed E-state index contributed by atoms with van der Waals surface area (Å²) in [6.45, 7) is 3.97. The second-order valence-corrected chi connectivity index (χ2v) is 7.99. The molecule has 0 aromatic heterocycles. The molecule has 4 nitrogen and oxygen atoms in total. The fourth-order valence-corrected chi connectivity index (χ4v) is 3.92. The quantitative estimate of drug-likeness (QED) is 0.413. The maximum atomic E-state index is 13.8. The highest BCUT2D eigenvalue weighted by atomic mass is 32.1. The molecule has 1 heterocycles. The summed E-state index contributed by atoms with van der Waals surface area (Å²) in [7, 11) is 0. The largest absolute Gasteiger partial charge is 0.491 e. The molecule has 4 rings (SSSR count). The Labute approximate surface area is 188 Å². The zero-order chi connectivity index (χ0) is 21.8. The molecule has 0 aliphatic carbocycles. The van der Waals surface area contributed by atoms with Crippen LogP contribution in [0.3, 0.4) is 0 Å². The summed E-state index contributed by atoms with van der Waals surface area (Å²) in [5.74, 6) is 0.664. The summed E-state index contributed by atoms with van der Waals surface area (Å²) in [5.41, 5.74) is 3.70. The van der Waals surface area contributed by atoms with Gasteiger partial charge in [0.05, 0.1) is 23.4 Å². The van der Waals surface area contributed by atoms with E-state index < -0.39 is 6.04 Å². The molecule has 3 aromatic rings. The van der Waals surface area contributed by atoms with Crippen molar-refractivity contribution in [1.82, 2.24) is 10.6 Å². The topological polar surface area (TPSA) is 50.4 Å². The number of nitrogens with one attached hydrogen (secondary N) is 2. The first-order chi connectivity index (χ1) is 15.0. The monoisotopic (exact) mass is 428 g/mol. The Kier molecular flexibility index (Phi) is 6.14. The van der Waals surface area contributed by atoms with Crippen molar-refractivity contribution in [3.8, 4) is 5.75 Å². The summed E-state index contributed by atoms with van der Waals surface area (Å²) < 4.78 is 6.07. The number of rotatable bonds is 6. The molecule has 0 saturated heterocycles. The summed E-state index contributed by atoms with van der Waals surface area (Å²) in [5, 5.41) is 7.01. The van der Waals surface area contributed by atoms with Gasteiger partial charge in [-0.05, 0) is 37.7 Å². The van der Waals surface area contributed by atoms with Crippen LogP contribution in [0.2, 0.25) is 0 Å². The van der Waals surface area contributed by atoms with Crippen LogP contribution in [-0.4, -0.2) is 17.0 Å². The third-order valence-corrected chi connectivity index (χ3v) is 5.23. The van der Waals surface area contributed by atoms with E-state index in [4.69, 9.17) is 17.0 Å². The van der Waals surface area contributed by atoms with Crippen LogP contribution >= 0.6 is 12.2 Å². The van der Waals surface area contributed by atoms with Crippen molar-refractivity contribution < 1.29 is 9.53 Å². The van der Waals surface area contributed by atoms with Gasteiger partial charge in [0.1, 0.15) is 5.75 Å². The number of benzene rings is 3. The highest BCUT2D eigenvalue weighted by Gasteiger charge is 2.34. The van der Waals surface area contributed by atoms with Gasteiger partial charge in [-0.25, -0.2) is 0 Å². The molecular formula is C26H24N2O2S. The number of para-hydroxylation sites is 1. The van der Waals surface area contributed by atoms with Gasteiger partial charge < -0.3 is 15.4 Å². The minimum absolute atomic E-state index is 0.000616. The second kappa shape index (κ2) is 9.14. The number of hydrogen-bond donors (Lipinski definition) is 2. The van der Waals surface area contributed by atoms with Gasteiger partial charge in [0.2, 0.25) is 0 Å². The van der Waals surface area contributed by atoms with Crippen molar-refractivity contribution in [2.45, 2.75) is 26.0 Å². The van der Waals surface area contributed by atoms with Gasteiger partial charge in [-0.1, -0.05) is 78.9 Å². The summed E-state index contributed by atoms with van der Waals surface area (Å²) in [6.07, 6.45) is 0.000616. The lowest BCUT2D eigenvalue weighted by molar-refractivity contribution is 0.102. The number of thiocarbonyl (C=S) groups is 1. The Balaban J connectivity index is 1.93. The minimum atomic E-state index is -0.452. The van der Waals surface area contributed by atoms with Crippen LogP contribution in [-0.2, 0) is 0 Å². The molecule has 2 N–H and O–H groups in total. The molecular weight excluding hydrogens is 404 g/mol. The van der Waals surface area contributed by atoms with E-state index in [0.717, 1.165) is 16.9 Å². The molecule has 31 heavy (non-hydrogen) atoms. The molecule has 0 saturated carbocycles. The van der Waals surface area contributed by atoms with E-state index in [1.54, 1.807) is 0 Å². The molecule has 0 amide bonds. The van der Waals surface area contributed by atoms with Crippen LogP contribution in [0.5, 0.6) is 5.75 Å². The van der Waals surface area contributed by atoms with Crippen molar-refractivity contribution in [3.05, 3.63) is 107 Å². The molecule has 156 valence electrons. The average molecular weight is 429 g/mol. The maximum Gasteiger partial charge on any atom is 0.193 e. The van der Waals surface area contributed by atoms with Crippen LogP contribution in [0, 0.1) is 0 Å². The van der Waals surface area contributed by atoms with E-state index in [1.807, 2.05) is 98.8 Å². The lowest BCUT2D eigenvalue weighted by Crippen LogP contribution is -2.45. The first-order valence-electron chi connectivity index (χ1n) is 10.3. The van der Waals surface area contributed by atoms with Gasteiger partial charge in [-0.15, -0.1) is 0 Å². The summed E-state index contributed by atoms with van der Waals surface area (Å²) in [4.78, 5) is 13.8. The molecule has 1 atom stereocenters. The van der Waals surface area contributed by atoms with E-state index in [2.05, 4.69) is 10.6 Å². The van der Waals surface area contributed by atoms with E-state index in [9.17, 15) is 4.79 Å². The predicted molar refractivity (Wildman–Crippen MR) is 128 cm³/mol. The summed E-state index contributed by atoms with van der Waals surface area (Å²) in [6, 6.07) is 26.4. The number of hydrogen-bond acceptors (Lipinski definition) is 3. The van der Waals surface area contributed by atoms with Crippen molar-refractivity contribution in [1.29, 1.82) is 0 Å². The number of carbonyl (C=O) groups excluding carboxylic acids is 1. The van der Waals surface area contributed by atoms with Gasteiger partial charge in [0.25, 0.3) is 0 Å². The third-order valence-electron chi connectivity index (χ3n) is 5.01. The number of Topliss-reactive ketones (excluding diaryl/α,β-unsaturated/α-hetero) is 1. The average Bonchev–Trinajstić information content (AvgIpc) is 2.79. The van der Waals surface area contributed by atoms with Crippen molar-refractivity contribution >= 4 is 28.8 Å². The molecule has 0 bridgehead atoms. The van der Waals surface area contributed by atoms with E-state index in [1.165, 1.54) is 0 Å². The molecule has 5 heteroatoms. The lowest BCUT2D eigenvalue weighted by atomic mass is 9.87. The smallest absolute Gasteiger partial charge is 0.193 e. The van der Waals surface area contributed by atoms with Crippen LogP contribution in [0.4, 0.5) is 0 Å². The lowest BCUT2D eigenvalue weighted by Gasteiger charge is -2.33. The Morgan fingerprint density at radius 3 is 2.19 bits per heavy atom. The number of ketones is 1. The molecule has 1 aliphatic rings. The Morgan fingerprint density at radius 2 is 1.52 bits per heavy atom. The zero-order valence-corrected chi connectivity index (χ0v) is 18.3. The van der Waals surface area contributed by atoms with Crippen molar-refractivity contribution in [2.24, 2.45) is 0 Å². The fraction of sp³-hybridized carbons (Fsp3) is 0.154. The van der Waals surface area contributed by atoms with Gasteiger partial charge >= 0.3 is 0 Å². The van der Waals surface area contributed by atoms with Crippen LogP contribution in [0.15, 0.2) is 90.5 Å². The molecule has 0 radical (unpaired) electrons.